The van der Waals surface area contributed by atoms with Gasteiger partial charge in [0.25, 0.3) is 11.8 Å². The van der Waals surface area contributed by atoms with E-state index in [1.54, 1.807) is 38.3 Å². The van der Waals surface area contributed by atoms with Crippen LogP contribution in [0.2, 0.25) is 0 Å². The molecule has 0 bridgehead atoms. The van der Waals surface area contributed by atoms with Crippen LogP contribution in [-0.4, -0.2) is 61.3 Å². The lowest BCUT2D eigenvalue weighted by Gasteiger charge is -2.13. The van der Waals surface area contributed by atoms with Crippen LogP contribution in [0.15, 0.2) is 36.5 Å². The fourth-order valence-electron chi connectivity index (χ4n) is 4.05. The van der Waals surface area contributed by atoms with Crippen LogP contribution >= 0.6 is 0 Å². The fourth-order valence-corrected chi connectivity index (χ4v) is 4.05. The van der Waals surface area contributed by atoms with E-state index in [-0.39, 0.29) is 19.1 Å². The number of halogens is 1. The minimum absolute atomic E-state index is 0.0750. The number of hydrogen-bond acceptors (Lipinski definition) is 7. The van der Waals surface area contributed by atoms with Crippen molar-refractivity contribution >= 4 is 40.3 Å². The Morgan fingerprint density at radius 1 is 1.33 bits per heavy atom. The van der Waals surface area contributed by atoms with Gasteiger partial charge in [0.15, 0.2) is 0 Å². The molecule has 1 aliphatic heterocycles. The molecule has 5 rings (SSSR count). The average Bonchev–Trinajstić information content (AvgIpc) is 3.50. The number of carbonyl (C=O) groups is 2. The van der Waals surface area contributed by atoms with Gasteiger partial charge in [0.05, 0.1) is 11.1 Å². The van der Waals surface area contributed by atoms with Gasteiger partial charge in [-0.1, -0.05) is 4.85 Å². The highest BCUT2D eigenvalue weighted by molar-refractivity contribution is 6.34. The van der Waals surface area contributed by atoms with E-state index in [9.17, 15) is 19.1 Å². The molecule has 2 amide bonds. The van der Waals surface area contributed by atoms with Gasteiger partial charge in [-0.3, -0.25) is 9.59 Å². The van der Waals surface area contributed by atoms with Crippen molar-refractivity contribution in [2.45, 2.75) is 20.0 Å². The molecule has 4 heterocycles. The molecule has 1 aliphatic rings. The maximum Gasteiger partial charge on any atom is 0.256 e. The van der Waals surface area contributed by atoms with E-state index in [1.165, 1.54) is 18.2 Å². The highest BCUT2D eigenvalue weighted by atomic mass is 19.1. The summed E-state index contributed by atoms with van der Waals surface area (Å²) in [5.41, 5.74) is 4.37. The lowest BCUT2D eigenvalue weighted by molar-refractivity contribution is -0.110. The summed E-state index contributed by atoms with van der Waals surface area (Å²) >= 11 is 0. The van der Waals surface area contributed by atoms with Crippen LogP contribution < -0.4 is 15.5 Å². The summed E-state index contributed by atoms with van der Waals surface area (Å²) in [6.45, 7) is 3.25. The van der Waals surface area contributed by atoms with Crippen LogP contribution in [0.3, 0.4) is 0 Å². The normalized spacial score (nSPS) is 14.7. The number of fused-ring (bicyclic) bond motifs is 2. The molecule has 0 saturated heterocycles. The number of carbonyl (C=O) groups excluding carboxylic acids is 2. The van der Waals surface area contributed by atoms with Crippen molar-refractivity contribution < 1.29 is 23.9 Å². The summed E-state index contributed by atoms with van der Waals surface area (Å²) in [4.78, 5) is 39.1. The number of aliphatic hydroxyl groups is 1. The fraction of sp³-hybridized carbons (Fsp3) is 0.208. The number of pyridine rings is 1. The van der Waals surface area contributed by atoms with Crippen LogP contribution in [0.1, 0.15) is 32.9 Å². The summed E-state index contributed by atoms with van der Waals surface area (Å²) in [6, 6.07) is 7.53. The van der Waals surface area contributed by atoms with E-state index >= 15 is 0 Å². The van der Waals surface area contributed by atoms with Crippen LogP contribution in [0.5, 0.6) is 0 Å². The molecule has 3 aromatic heterocycles. The number of nitrogens with one attached hydrogen (secondary N) is 3. The lowest BCUT2D eigenvalue weighted by Crippen LogP contribution is -2.37. The summed E-state index contributed by atoms with van der Waals surface area (Å²) < 4.78 is 13.7. The Labute approximate surface area is 203 Å². The van der Waals surface area contributed by atoms with Gasteiger partial charge in [-0.15, -0.1) is 5.10 Å². The molecule has 184 valence electrons. The quantitative estimate of drug-likeness (QED) is 0.287. The van der Waals surface area contributed by atoms with Crippen molar-refractivity contribution in [2.75, 3.05) is 18.5 Å². The van der Waals surface area contributed by atoms with E-state index in [2.05, 4.69) is 30.9 Å². The zero-order valence-corrected chi connectivity index (χ0v) is 19.4. The first-order valence-electron chi connectivity index (χ1n) is 11.1. The first-order valence-corrected chi connectivity index (χ1v) is 11.1. The summed E-state index contributed by atoms with van der Waals surface area (Å²) in [5, 5.41) is 23.4. The molecular formula is C24H22FN7O4. The smallest absolute Gasteiger partial charge is 0.256 e. The molecule has 1 unspecified atom stereocenters. The molecule has 0 saturated carbocycles. The predicted molar refractivity (Wildman–Crippen MR) is 128 cm³/mol. The van der Waals surface area contributed by atoms with Crippen molar-refractivity contribution in [2.24, 2.45) is 0 Å². The summed E-state index contributed by atoms with van der Waals surface area (Å²) in [7, 11) is 0. The molecule has 4 N–H and O–H groups in total. The highest BCUT2D eigenvalue weighted by Crippen LogP contribution is 2.34. The van der Waals surface area contributed by atoms with E-state index in [0.29, 0.717) is 50.5 Å². The standard InChI is InChI=1S/C24H22FN7O4/c1-12-20(9-17-16-8-14(25)5-6-18(16)29-23(17)34)28-13(2)21(12)24(35)27-10-15(33)11-36-32-22-19(30-31-32)4-3-7-26-22/h3-9,15,28,33H,10-11H2,1-2H3,(H,27,35)(H,29,34)/b17-9-. The van der Waals surface area contributed by atoms with Crippen molar-refractivity contribution in [1.29, 1.82) is 0 Å². The Kier molecular flexibility index (Phi) is 5.94. The molecular weight excluding hydrogens is 469 g/mol. The maximum atomic E-state index is 13.7. The third-order valence-corrected chi connectivity index (χ3v) is 5.82. The van der Waals surface area contributed by atoms with Gasteiger partial charge in [-0.2, -0.15) is 0 Å². The number of aromatic amines is 1. The second kappa shape index (κ2) is 9.23. The number of amides is 2. The van der Waals surface area contributed by atoms with Crippen molar-refractivity contribution in [3.8, 4) is 0 Å². The first kappa shape index (κ1) is 23.2. The number of benzene rings is 1. The molecule has 12 heteroatoms. The number of aliphatic hydroxyl groups excluding tert-OH is 1. The van der Waals surface area contributed by atoms with Gasteiger partial charge in [0, 0.05) is 35.4 Å². The Balaban J connectivity index is 1.26. The van der Waals surface area contributed by atoms with E-state index in [4.69, 9.17) is 4.84 Å². The molecule has 0 spiro atoms. The number of nitrogens with zero attached hydrogens (tertiary/aromatic N) is 4. The predicted octanol–water partition coefficient (Wildman–Crippen LogP) is 1.62. The molecule has 0 aliphatic carbocycles. The van der Waals surface area contributed by atoms with Crippen LogP contribution in [0, 0.1) is 19.7 Å². The summed E-state index contributed by atoms with van der Waals surface area (Å²) in [5.74, 6) is -1.21. The zero-order valence-electron chi connectivity index (χ0n) is 19.4. The number of rotatable bonds is 7. The second-order valence-electron chi connectivity index (χ2n) is 8.33. The Hall–Kier alpha value is -4.58. The molecule has 0 radical (unpaired) electrons. The number of H-pyrrole nitrogens is 1. The Bertz CT molecular complexity index is 1520. The summed E-state index contributed by atoms with van der Waals surface area (Å²) in [6.07, 6.45) is 2.15. The Morgan fingerprint density at radius 3 is 3.00 bits per heavy atom. The van der Waals surface area contributed by atoms with Crippen molar-refractivity contribution in [3.63, 3.8) is 0 Å². The number of aryl methyl sites for hydroxylation is 1. The SMILES string of the molecule is Cc1[nH]c(/C=C2\C(=O)Nc3ccc(F)cc32)c(C)c1C(=O)NCC(O)COn1nnc2cccnc21. The molecule has 1 atom stereocenters. The topological polar surface area (TPSA) is 147 Å². The zero-order chi connectivity index (χ0) is 25.4. The average molecular weight is 491 g/mol. The van der Waals surface area contributed by atoms with Crippen LogP contribution in [0.25, 0.3) is 22.8 Å². The van der Waals surface area contributed by atoms with Crippen molar-refractivity contribution in [1.82, 2.24) is 30.4 Å². The minimum atomic E-state index is -1.02. The first-order chi connectivity index (χ1) is 17.3. The third kappa shape index (κ3) is 4.29. The second-order valence-corrected chi connectivity index (χ2v) is 8.33. The van der Waals surface area contributed by atoms with Gasteiger partial charge in [-0.05, 0) is 61.0 Å². The molecule has 36 heavy (non-hydrogen) atoms. The monoisotopic (exact) mass is 491 g/mol. The van der Waals surface area contributed by atoms with E-state index < -0.39 is 17.8 Å². The highest BCUT2D eigenvalue weighted by Gasteiger charge is 2.26. The van der Waals surface area contributed by atoms with Gasteiger partial charge in [0.2, 0.25) is 5.65 Å². The lowest BCUT2D eigenvalue weighted by atomic mass is 10.0. The van der Waals surface area contributed by atoms with Gasteiger partial charge < -0.3 is 25.6 Å². The van der Waals surface area contributed by atoms with E-state index in [1.807, 2.05) is 0 Å². The molecule has 0 fully saturated rings. The molecule has 4 aromatic rings. The molecule has 11 nitrogen and oxygen atoms in total. The van der Waals surface area contributed by atoms with Crippen molar-refractivity contribution in [3.05, 3.63) is 70.4 Å². The number of aromatic nitrogens is 5. The van der Waals surface area contributed by atoms with Gasteiger partial charge in [-0.25, -0.2) is 9.37 Å². The largest absolute Gasteiger partial charge is 0.391 e. The number of anilines is 1. The number of hydrogen-bond donors (Lipinski definition) is 4. The maximum absolute atomic E-state index is 13.7. The molecule has 1 aromatic carbocycles. The van der Waals surface area contributed by atoms with Gasteiger partial charge >= 0.3 is 0 Å². The third-order valence-electron chi connectivity index (χ3n) is 5.82. The van der Waals surface area contributed by atoms with Gasteiger partial charge in [0.1, 0.15) is 24.0 Å². The van der Waals surface area contributed by atoms with Crippen LogP contribution in [0.4, 0.5) is 10.1 Å². The van der Waals surface area contributed by atoms with Crippen LogP contribution in [-0.2, 0) is 4.79 Å². The van der Waals surface area contributed by atoms with E-state index in [0.717, 1.165) is 4.85 Å². The Morgan fingerprint density at radius 2 is 2.17 bits per heavy atom. The minimum Gasteiger partial charge on any atom is -0.391 e.